The molecule has 10 heteroatoms. The fourth-order valence-electron chi connectivity index (χ4n) is 1.06. The van der Waals surface area contributed by atoms with Gasteiger partial charge in [0.1, 0.15) is 10.0 Å². The molecule has 1 N–H and O–H groups in total. The van der Waals surface area contributed by atoms with Gasteiger partial charge in [-0.3, -0.25) is 4.72 Å². The first-order chi connectivity index (χ1) is 8.38. The average Bonchev–Trinajstić information content (AvgIpc) is 2.66. The van der Waals surface area contributed by atoms with E-state index in [1.165, 1.54) is 18.5 Å². The Morgan fingerprint density at radius 3 is 2.61 bits per heavy atom. The third kappa shape index (κ3) is 3.21. The maximum Gasteiger partial charge on any atom is 0.266 e. The number of thiazole rings is 1. The third-order valence-electron chi connectivity index (χ3n) is 1.76. The molecule has 0 atom stereocenters. The first kappa shape index (κ1) is 14.2. The summed E-state index contributed by atoms with van der Waals surface area (Å²) >= 11 is 13.3. The lowest BCUT2D eigenvalue weighted by Crippen LogP contribution is -2.13. The van der Waals surface area contributed by atoms with Gasteiger partial charge in [0.2, 0.25) is 0 Å². The number of aromatic nitrogens is 2. The van der Waals surface area contributed by atoms with Crippen molar-refractivity contribution in [3.63, 3.8) is 0 Å². The summed E-state index contributed by atoms with van der Waals surface area (Å²) < 4.78 is 27.7. The van der Waals surface area contributed by atoms with Gasteiger partial charge in [0.15, 0.2) is 5.13 Å². The van der Waals surface area contributed by atoms with E-state index in [1.54, 1.807) is 0 Å². The molecule has 0 radical (unpaired) electrons. The predicted molar refractivity (Wildman–Crippen MR) is 77.6 cm³/mol. The third-order valence-corrected chi connectivity index (χ3v) is 5.48. The van der Waals surface area contributed by atoms with Gasteiger partial charge in [0, 0.05) is 10.7 Å². The molecular weight excluding hydrogens is 430 g/mol. The highest BCUT2D eigenvalue weighted by atomic mass is 79.9. The molecular formula is C8H4Br2ClN3O2S2. The van der Waals surface area contributed by atoms with E-state index < -0.39 is 10.0 Å². The fourth-order valence-corrected chi connectivity index (χ4v) is 4.36. The van der Waals surface area contributed by atoms with Crippen LogP contribution in [0.15, 0.2) is 31.6 Å². The molecule has 0 aliphatic carbocycles. The summed E-state index contributed by atoms with van der Waals surface area (Å²) in [7, 11) is -3.80. The number of nitrogens with zero attached hydrogens (tertiary/aromatic N) is 2. The average molecular weight is 434 g/mol. The minimum atomic E-state index is -3.80. The van der Waals surface area contributed by atoms with Gasteiger partial charge in [0.25, 0.3) is 10.0 Å². The summed E-state index contributed by atoms with van der Waals surface area (Å²) in [5, 5.41) is 0.152. The van der Waals surface area contributed by atoms with Gasteiger partial charge in [-0.25, -0.2) is 18.4 Å². The number of hydrogen-bond donors (Lipinski definition) is 1. The van der Waals surface area contributed by atoms with Crippen molar-refractivity contribution in [2.45, 2.75) is 4.90 Å². The second-order valence-corrected chi connectivity index (χ2v) is 8.35. The minimum absolute atomic E-state index is 0.0960. The van der Waals surface area contributed by atoms with Gasteiger partial charge in [-0.1, -0.05) is 22.9 Å². The molecule has 2 aromatic rings. The van der Waals surface area contributed by atoms with Gasteiger partial charge in [-0.2, -0.15) is 0 Å². The summed E-state index contributed by atoms with van der Waals surface area (Å²) in [6, 6.07) is 1.38. The minimum Gasteiger partial charge on any atom is -0.255 e. The summed E-state index contributed by atoms with van der Waals surface area (Å²) in [6.45, 7) is 0. The zero-order valence-electron chi connectivity index (χ0n) is 8.39. The zero-order chi connectivity index (χ0) is 13.3. The van der Waals surface area contributed by atoms with E-state index in [9.17, 15) is 8.42 Å². The van der Waals surface area contributed by atoms with E-state index in [-0.39, 0.29) is 15.2 Å². The molecule has 2 heterocycles. The van der Waals surface area contributed by atoms with Gasteiger partial charge in [-0.15, -0.1) is 0 Å². The van der Waals surface area contributed by atoms with Crippen molar-refractivity contribution in [2.24, 2.45) is 0 Å². The quantitative estimate of drug-likeness (QED) is 0.752. The zero-order valence-corrected chi connectivity index (χ0v) is 14.0. The summed E-state index contributed by atoms with van der Waals surface area (Å²) in [6.07, 6.45) is 2.92. The molecule has 0 unspecified atom stereocenters. The highest BCUT2D eigenvalue weighted by Gasteiger charge is 2.20. The Bertz CT molecular complexity index is 689. The van der Waals surface area contributed by atoms with Crippen molar-refractivity contribution in [3.8, 4) is 0 Å². The lowest BCUT2D eigenvalue weighted by molar-refractivity contribution is 0.601. The number of nitrogens with one attached hydrogen (secondary N) is 1. The van der Waals surface area contributed by atoms with E-state index in [1.807, 2.05) is 0 Å². The molecule has 0 fully saturated rings. The Kier molecular flexibility index (Phi) is 4.27. The lowest BCUT2D eigenvalue weighted by atomic mass is 10.5. The van der Waals surface area contributed by atoms with Crippen LogP contribution in [0.4, 0.5) is 5.13 Å². The fraction of sp³-hybridized carbons (Fsp3) is 0. The molecule has 0 bridgehead atoms. The lowest BCUT2D eigenvalue weighted by Gasteiger charge is -2.06. The molecule has 2 aromatic heterocycles. The Balaban J connectivity index is 2.39. The molecule has 18 heavy (non-hydrogen) atoms. The van der Waals surface area contributed by atoms with Gasteiger partial charge < -0.3 is 0 Å². The summed E-state index contributed by atoms with van der Waals surface area (Å²) in [5.41, 5.74) is 0. The number of anilines is 1. The highest BCUT2D eigenvalue weighted by Crippen LogP contribution is 2.28. The molecule has 0 amide bonds. The van der Waals surface area contributed by atoms with Crippen LogP contribution in [0.2, 0.25) is 5.15 Å². The SMILES string of the molecule is O=S(=O)(Nc1ncc(Br)s1)c1cc(Br)cnc1Cl. The highest BCUT2D eigenvalue weighted by molar-refractivity contribution is 9.11. The second kappa shape index (κ2) is 5.41. The van der Waals surface area contributed by atoms with Crippen LogP contribution < -0.4 is 4.72 Å². The molecule has 2 rings (SSSR count). The van der Waals surface area contributed by atoms with Crippen molar-refractivity contribution in [3.05, 3.63) is 31.9 Å². The van der Waals surface area contributed by atoms with E-state index in [4.69, 9.17) is 11.6 Å². The number of rotatable bonds is 3. The Hall–Kier alpha value is -0.220. The molecule has 0 spiro atoms. The Labute approximate surface area is 129 Å². The molecule has 96 valence electrons. The molecule has 0 aliphatic rings. The molecule has 0 aliphatic heterocycles. The van der Waals surface area contributed by atoms with Crippen LogP contribution in [0.1, 0.15) is 0 Å². The number of sulfonamides is 1. The van der Waals surface area contributed by atoms with E-state index in [0.717, 1.165) is 15.1 Å². The van der Waals surface area contributed by atoms with Crippen LogP contribution in [-0.4, -0.2) is 18.4 Å². The normalized spacial score (nSPS) is 11.5. The van der Waals surface area contributed by atoms with E-state index in [0.29, 0.717) is 4.47 Å². The van der Waals surface area contributed by atoms with Gasteiger partial charge >= 0.3 is 0 Å². The van der Waals surface area contributed by atoms with Crippen molar-refractivity contribution in [1.29, 1.82) is 0 Å². The Morgan fingerprint density at radius 2 is 2.00 bits per heavy atom. The smallest absolute Gasteiger partial charge is 0.255 e. The first-order valence-corrected chi connectivity index (χ1v) is 8.60. The first-order valence-electron chi connectivity index (χ1n) is 4.34. The molecule has 0 saturated carbocycles. The number of halogens is 3. The van der Waals surface area contributed by atoms with Crippen LogP contribution >= 0.6 is 54.8 Å². The van der Waals surface area contributed by atoms with Gasteiger partial charge in [0.05, 0.1) is 9.98 Å². The largest absolute Gasteiger partial charge is 0.266 e. The van der Waals surface area contributed by atoms with E-state index >= 15 is 0 Å². The van der Waals surface area contributed by atoms with Crippen LogP contribution in [0.5, 0.6) is 0 Å². The Morgan fingerprint density at radius 1 is 1.28 bits per heavy atom. The molecule has 0 aromatic carbocycles. The maximum absolute atomic E-state index is 12.1. The number of pyridine rings is 1. The summed E-state index contributed by atoms with van der Waals surface area (Å²) in [4.78, 5) is 7.54. The van der Waals surface area contributed by atoms with Crippen LogP contribution in [-0.2, 0) is 10.0 Å². The second-order valence-electron chi connectivity index (χ2n) is 3.02. The topological polar surface area (TPSA) is 72.0 Å². The van der Waals surface area contributed by atoms with Crippen LogP contribution in [0.3, 0.4) is 0 Å². The van der Waals surface area contributed by atoms with Crippen LogP contribution in [0.25, 0.3) is 0 Å². The predicted octanol–water partition coefficient (Wildman–Crippen LogP) is 3.52. The van der Waals surface area contributed by atoms with Crippen molar-refractivity contribution in [1.82, 2.24) is 9.97 Å². The van der Waals surface area contributed by atoms with Crippen molar-refractivity contribution < 1.29 is 8.42 Å². The van der Waals surface area contributed by atoms with Gasteiger partial charge in [-0.05, 0) is 37.9 Å². The summed E-state index contributed by atoms with van der Waals surface area (Å²) in [5.74, 6) is 0. The molecule has 5 nitrogen and oxygen atoms in total. The number of hydrogen-bond acceptors (Lipinski definition) is 5. The monoisotopic (exact) mass is 431 g/mol. The van der Waals surface area contributed by atoms with E-state index in [2.05, 4.69) is 46.5 Å². The van der Waals surface area contributed by atoms with Crippen molar-refractivity contribution in [2.75, 3.05) is 4.72 Å². The standard InChI is InChI=1S/C8H4Br2ClN3O2S2/c9-4-1-5(7(11)12-2-4)18(15,16)14-8-13-3-6(10)17-8/h1-3H,(H,13,14). The van der Waals surface area contributed by atoms with Crippen molar-refractivity contribution >= 4 is 70.0 Å². The maximum atomic E-state index is 12.1. The molecule has 0 saturated heterocycles. The van der Waals surface area contributed by atoms with Crippen LogP contribution in [0, 0.1) is 0 Å².